The average molecular weight is 271 g/mol. The van der Waals surface area contributed by atoms with E-state index < -0.39 is 5.91 Å². The van der Waals surface area contributed by atoms with Gasteiger partial charge in [-0.2, -0.15) is 0 Å². The summed E-state index contributed by atoms with van der Waals surface area (Å²) in [5.74, 6) is 0.708. The SMILES string of the molecule is CC(C)CNCc1cc(Cl)ccc1OCC(N)=O. The summed E-state index contributed by atoms with van der Waals surface area (Å²) < 4.78 is 5.34. The minimum Gasteiger partial charge on any atom is -0.483 e. The van der Waals surface area contributed by atoms with Gasteiger partial charge in [0.25, 0.3) is 5.91 Å². The van der Waals surface area contributed by atoms with E-state index in [1.165, 1.54) is 0 Å². The van der Waals surface area contributed by atoms with Gasteiger partial charge in [0.1, 0.15) is 5.75 Å². The van der Waals surface area contributed by atoms with Crippen molar-refractivity contribution in [1.29, 1.82) is 0 Å². The maximum absolute atomic E-state index is 10.7. The van der Waals surface area contributed by atoms with Crippen molar-refractivity contribution in [2.75, 3.05) is 13.2 Å². The second-order valence-corrected chi connectivity index (χ2v) is 4.97. The number of carbonyl (C=O) groups is 1. The highest BCUT2D eigenvalue weighted by molar-refractivity contribution is 6.30. The number of benzene rings is 1. The Balaban J connectivity index is 2.67. The molecule has 0 radical (unpaired) electrons. The van der Waals surface area contributed by atoms with Crippen molar-refractivity contribution in [2.24, 2.45) is 11.7 Å². The first-order chi connectivity index (χ1) is 8.49. The van der Waals surface area contributed by atoms with Crippen LogP contribution in [0.3, 0.4) is 0 Å². The molecule has 0 saturated carbocycles. The second kappa shape index (κ2) is 7.24. The van der Waals surface area contributed by atoms with E-state index >= 15 is 0 Å². The first-order valence-corrected chi connectivity index (χ1v) is 6.27. The largest absolute Gasteiger partial charge is 0.483 e. The smallest absolute Gasteiger partial charge is 0.255 e. The van der Waals surface area contributed by atoms with Crippen molar-refractivity contribution in [2.45, 2.75) is 20.4 Å². The molecule has 1 aromatic rings. The first kappa shape index (κ1) is 14.8. The van der Waals surface area contributed by atoms with E-state index in [-0.39, 0.29) is 6.61 Å². The lowest BCUT2D eigenvalue weighted by atomic mass is 10.2. The van der Waals surface area contributed by atoms with Crippen molar-refractivity contribution < 1.29 is 9.53 Å². The molecule has 1 aromatic carbocycles. The summed E-state index contributed by atoms with van der Waals surface area (Å²) in [6, 6.07) is 5.30. The van der Waals surface area contributed by atoms with Gasteiger partial charge in [-0.05, 0) is 30.7 Å². The van der Waals surface area contributed by atoms with Gasteiger partial charge in [0.05, 0.1) is 0 Å². The van der Waals surface area contributed by atoms with Crippen molar-refractivity contribution >= 4 is 17.5 Å². The molecule has 1 rings (SSSR count). The highest BCUT2D eigenvalue weighted by Gasteiger charge is 2.06. The van der Waals surface area contributed by atoms with Crippen LogP contribution in [0.4, 0.5) is 0 Å². The van der Waals surface area contributed by atoms with Gasteiger partial charge < -0.3 is 15.8 Å². The third kappa shape index (κ3) is 5.38. The van der Waals surface area contributed by atoms with Gasteiger partial charge in [0.15, 0.2) is 6.61 Å². The quantitative estimate of drug-likeness (QED) is 0.796. The Morgan fingerprint density at radius 2 is 2.22 bits per heavy atom. The van der Waals surface area contributed by atoms with Crippen LogP contribution in [0.1, 0.15) is 19.4 Å². The van der Waals surface area contributed by atoms with Crippen LogP contribution in [0.2, 0.25) is 5.02 Å². The molecular formula is C13H19ClN2O2. The first-order valence-electron chi connectivity index (χ1n) is 5.89. The van der Waals surface area contributed by atoms with Gasteiger partial charge in [-0.25, -0.2) is 0 Å². The third-order valence-corrected chi connectivity index (χ3v) is 2.50. The van der Waals surface area contributed by atoms with Crippen LogP contribution < -0.4 is 15.8 Å². The van der Waals surface area contributed by atoms with E-state index in [9.17, 15) is 4.79 Å². The van der Waals surface area contributed by atoms with Crippen LogP contribution in [0.15, 0.2) is 18.2 Å². The zero-order valence-electron chi connectivity index (χ0n) is 10.7. The maximum Gasteiger partial charge on any atom is 0.255 e. The second-order valence-electron chi connectivity index (χ2n) is 4.53. The standard InChI is InChI=1S/C13H19ClN2O2/c1-9(2)6-16-7-10-5-11(14)3-4-12(10)18-8-13(15)17/h3-5,9,16H,6-8H2,1-2H3,(H2,15,17). The van der Waals surface area contributed by atoms with Crippen molar-refractivity contribution in [3.8, 4) is 5.75 Å². The normalized spacial score (nSPS) is 10.7. The van der Waals surface area contributed by atoms with Gasteiger partial charge >= 0.3 is 0 Å². The molecule has 1 amide bonds. The van der Waals surface area contributed by atoms with Gasteiger partial charge in [-0.3, -0.25) is 4.79 Å². The van der Waals surface area contributed by atoms with Crippen LogP contribution in [0.5, 0.6) is 5.75 Å². The average Bonchev–Trinajstić information content (AvgIpc) is 2.27. The van der Waals surface area contributed by atoms with E-state index in [1.54, 1.807) is 12.1 Å². The Morgan fingerprint density at radius 3 is 2.83 bits per heavy atom. The van der Waals surface area contributed by atoms with E-state index in [1.807, 2.05) is 6.07 Å². The molecule has 18 heavy (non-hydrogen) atoms. The molecule has 0 aliphatic heterocycles. The number of rotatable bonds is 7. The van der Waals surface area contributed by atoms with Crippen molar-refractivity contribution in [3.05, 3.63) is 28.8 Å². The molecule has 4 nitrogen and oxygen atoms in total. The van der Waals surface area contributed by atoms with Gasteiger partial charge in [0.2, 0.25) is 0 Å². The summed E-state index contributed by atoms with van der Waals surface area (Å²) in [5.41, 5.74) is 5.98. The summed E-state index contributed by atoms with van der Waals surface area (Å²) in [6.45, 7) is 5.69. The lowest BCUT2D eigenvalue weighted by Crippen LogP contribution is -2.22. The molecule has 0 aromatic heterocycles. The predicted molar refractivity (Wildman–Crippen MR) is 72.7 cm³/mol. The molecule has 0 heterocycles. The Hall–Kier alpha value is -1.26. The number of nitrogens with one attached hydrogen (secondary N) is 1. The number of ether oxygens (including phenoxy) is 1. The van der Waals surface area contributed by atoms with E-state index in [2.05, 4.69) is 19.2 Å². The molecule has 100 valence electrons. The Morgan fingerprint density at radius 1 is 1.50 bits per heavy atom. The van der Waals surface area contributed by atoms with E-state index in [4.69, 9.17) is 22.1 Å². The number of hydrogen-bond donors (Lipinski definition) is 2. The fraction of sp³-hybridized carbons (Fsp3) is 0.462. The summed E-state index contributed by atoms with van der Waals surface area (Å²) >= 11 is 5.95. The van der Waals surface area contributed by atoms with Gasteiger partial charge in [0, 0.05) is 17.1 Å². The molecule has 0 aliphatic carbocycles. The van der Waals surface area contributed by atoms with Crippen LogP contribution in [0.25, 0.3) is 0 Å². The molecule has 0 spiro atoms. The number of primary amides is 1. The molecule has 3 N–H and O–H groups in total. The lowest BCUT2D eigenvalue weighted by Gasteiger charge is -2.12. The topological polar surface area (TPSA) is 64.3 Å². The zero-order valence-corrected chi connectivity index (χ0v) is 11.5. The van der Waals surface area contributed by atoms with Crippen LogP contribution in [0, 0.1) is 5.92 Å². The summed E-state index contributed by atoms with van der Waals surface area (Å²) in [4.78, 5) is 10.7. The number of carbonyl (C=O) groups excluding carboxylic acids is 1. The van der Waals surface area contributed by atoms with Crippen LogP contribution >= 0.6 is 11.6 Å². The van der Waals surface area contributed by atoms with Crippen LogP contribution in [-0.2, 0) is 11.3 Å². The number of amides is 1. The van der Waals surface area contributed by atoms with Crippen molar-refractivity contribution in [3.63, 3.8) is 0 Å². The zero-order chi connectivity index (χ0) is 13.5. The van der Waals surface area contributed by atoms with Gasteiger partial charge in [-0.1, -0.05) is 25.4 Å². The number of hydrogen-bond acceptors (Lipinski definition) is 3. The molecular weight excluding hydrogens is 252 g/mol. The molecule has 0 aliphatic rings. The van der Waals surface area contributed by atoms with E-state index in [0.29, 0.717) is 23.2 Å². The Bertz CT molecular complexity index is 408. The third-order valence-electron chi connectivity index (χ3n) is 2.26. The molecule has 0 unspecified atom stereocenters. The minimum absolute atomic E-state index is 0.126. The Kier molecular flexibility index (Phi) is 5.95. The molecule has 0 bridgehead atoms. The highest BCUT2D eigenvalue weighted by Crippen LogP contribution is 2.22. The minimum atomic E-state index is -0.494. The van der Waals surface area contributed by atoms with Gasteiger partial charge in [-0.15, -0.1) is 0 Å². The lowest BCUT2D eigenvalue weighted by molar-refractivity contribution is -0.119. The molecule has 5 heteroatoms. The maximum atomic E-state index is 10.7. The number of halogens is 1. The summed E-state index contributed by atoms with van der Waals surface area (Å²) in [6.07, 6.45) is 0. The molecule has 0 fully saturated rings. The monoisotopic (exact) mass is 270 g/mol. The highest BCUT2D eigenvalue weighted by atomic mass is 35.5. The van der Waals surface area contributed by atoms with E-state index in [0.717, 1.165) is 12.1 Å². The summed E-state index contributed by atoms with van der Waals surface area (Å²) in [7, 11) is 0. The summed E-state index contributed by atoms with van der Waals surface area (Å²) in [5, 5.41) is 3.94. The predicted octanol–water partition coefficient (Wildman–Crippen LogP) is 1.95. The van der Waals surface area contributed by atoms with Crippen molar-refractivity contribution in [1.82, 2.24) is 5.32 Å². The Labute approximate surface area is 112 Å². The number of nitrogens with two attached hydrogens (primary N) is 1. The fourth-order valence-corrected chi connectivity index (χ4v) is 1.67. The van der Waals surface area contributed by atoms with Crippen LogP contribution in [-0.4, -0.2) is 19.1 Å². The molecule has 0 atom stereocenters. The molecule has 0 saturated heterocycles. The fourth-order valence-electron chi connectivity index (χ4n) is 1.47.